The van der Waals surface area contributed by atoms with Gasteiger partial charge in [-0.05, 0) is 67.9 Å². The molecule has 35 heavy (non-hydrogen) atoms. The maximum absolute atomic E-state index is 13.9. The number of urea groups is 1. The Morgan fingerprint density at radius 3 is 2.57 bits per heavy atom. The minimum atomic E-state index is -0.241. The first kappa shape index (κ1) is 22.4. The van der Waals surface area contributed by atoms with Crippen molar-refractivity contribution < 1.29 is 4.79 Å². The largest absolute Gasteiger partial charge is 0.322 e. The van der Waals surface area contributed by atoms with Gasteiger partial charge in [0, 0.05) is 40.4 Å². The number of hydrogen-bond donors (Lipinski definition) is 1. The summed E-state index contributed by atoms with van der Waals surface area (Å²) < 4.78 is 2.29. The first-order valence-electron chi connectivity index (χ1n) is 11.9. The number of aromatic nitrogens is 1. The van der Waals surface area contributed by atoms with Crippen molar-refractivity contribution in [2.45, 2.75) is 32.5 Å². The van der Waals surface area contributed by atoms with Crippen LogP contribution in [0, 0.1) is 6.92 Å². The predicted octanol–water partition coefficient (Wildman–Crippen LogP) is 6.63. The van der Waals surface area contributed by atoms with Crippen LogP contribution in [0.5, 0.6) is 0 Å². The van der Waals surface area contributed by atoms with Crippen LogP contribution in [0.4, 0.5) is 10.5 Å². The number of thiophene rings is 1. The number of anilines is 1. The lowest BCUT2D eigenvalue weighted by Gasteiger charge is -2.32. The molecule has 0 spiro atoms. The van der Waals surface area contributed by atoms with Crippen molar-refractivity contribution in [3.8, 4) is 5.00 Å². The first-order valence-corrected chi connectivity index (χ1v) is 13.1. The summed E-state index contributed by atoms with van der Waals surface area (Å²) in [5, 5.41) is 5.07. The van der Waals surface area contributed by atoms with Crippen molar-refractivity contribution in [1.29, 1.82) is 0 Å². The number of carbonyl (C=O) groups is 1. The zero-order valence-electron chi connectivity index (χ0n) is 19.8. The summed E-state index contributed by atoms with van der Waals surface area (Å²) in [6, 6.07) is 19.7. The molecule has 0 saturated heterocycles. The summed E-state index contributed by atoms with van der Waals surface area (Å²) in [6.07, 6.45) is 3.14. The monoisotopic (exact) mass is 502 g/mol. The van der Waals surface area contributed by atoms with E-state index in [2.05, 4.69) is 40.2 Å². The Balaban J connectivity index is 1.48. The van der Waals surface area contributed by atoms with Crippen molar-refractivity contribution in [3.63, 3.8) is 0 Å². The number of rotatable bonds is 2. The quantitative estimate of drug-likeness (QED) is 0.334. The number of likely N-dealkylation sites (N-methyl/N-ethyl adjacent to an activating group) is 1. The molecule has 2 amide bonds. The van der Waals surface area contributed by atoms with Crippen LogP contribution in [-0.2, 0) is 19.5 Å². The van der Waals surface area contributed by atoms with Gasteiger partial charge in [0.05, 0.1) is 18.3 Å². The average molecular weight is 503 g/mol. The molecular weight excluding hydrogens is 476 g/mol. The van der Waals surface area contributed by atoms with Crippen LogP contribution in [0.15, 0.2) is 66.9 Å². The van der Waals surface area contributed by atoms with E-state index in [1.165, 1.54) is 21.0 Å². The van der Waals surface area contributed by atoms with Crippen molar-refractivity contribution >= 4 is 34.7 Å². The summed E-state index contributed by atoms with van der Waals surface area (Å²) in [5.74, 6) is 0. The molecular formula is C28H27ClN4OS. The predicted molar refractivity (Wildman–Crippen MR) is 143 cm³/mol. The van der Waals surface area contributed by atoms with Gasteiger partial charge >= 0.3 is 6.03 Å². The number of fused-ring (bicyclic) bond motifs is 5. The fraction of sp³-hybridized carbons (Fsp3) is 0.250. The van der Waals surface area contributed by atoms with E-state index < -0.39 is 0 Å². The lowest BCUT2D eigenvalue weighted by Crippen LogP contribution is -2.38. The number of aryl methyl sites for hydroxylation is 1. The van der Waals surface area contributed by atoms with Gasteiger partial charge in [0.15, 0.2) is 0 Å². The number of benzene rings is 2. The Morgan fingerprint density at radius 1 is 1.03 bits per heavy atom. The highest BCUT2D eigenvalue weighted by Crippen LogP contribution is 2.43. The maximum Gasteiger partial charge on any atom is 0.322 e. The smallest absolute Gasteiger partial charge is 0.310 e. The molecule has 0 aliphatic carbocycles. The Hall–Kier alpha value is -3.06. The molecule has 6 rings (SSSR count). The minimum absolute atomic E-state index is 0.109. The van der Waals surface area contributed by atoms with Gasteiger partial charge in [0.1, 0.15) is 5.00 Å². The van der Waals surface area contributed by atoms with Gasteiger partial charge in [-0.3, -0.25) is 0 Å². The highest BCUT2D eigenvalue weighted by atomic mass is 35.5. The summed E-state index contributed by atoms with van der Waals surface area (Å²) in [4.78, 5) is 19.7. The van der Waals surface area contributed by atoms with Crippen LogP contribution < -0.4 is 5.32 Å². The van der Waals surface area contributed by atoms with Crippen molar-refractivity contribution in [2.24, 2.45) is 0 Å². The number of carbonyl (C=O) groups excluding carboxylic acids is 1. The summed E-state index contributed by atoms with van der Waals surface area (Å²) in [7, 11) is 2.17. The Morgan fingerprint density at radius 2 is 1.80 bits per heavy atom. The molecule has 0 radical (unpaired) electrons. The number of amides is 2. The van der Waals surface area contributed by atoms with Crippen LogP contribution in [0.2, 0.25) is 5.02 Å². The third-order valence-corrected chi connectivity index (χ3v) is 8.52. The van der Waals surface area contributed by atoms with Gasteiger partial charge in [-0.15, -0.1) is 11.3 Å². The van der Waals surface area contributed by atoms with Crippen LogP contribution in [0.1, 0.15) is 38.9 Å². The van der Waals surface area contributed by atoms with Gasteiger partial charge in [-0.25, -0.2) is 4.79 Å². The van der Waals surface area contributed by atoms with E-state index in [-0.39, 0.29) is 12.1 Å². The highest BCUT2D eigenvalue weighted by molar-refractivity contribution is 7.15. The summed E-state index contributed by atoms with van der Waals surface area (Å²) in [5.41, 5.74) is 6.76. The van der Waals surface area contributed by atoms with E-state index in [0.717, 1.165) is 42.0 Å². The molecule has 2 aliphatic heterocycles. The first-order chi connectivity index (χ1) is 17.0. The van der Waals surface area contributed by atoms with Crippen molar-refractivity contribution in [2.75, 3.05) is 18.9 Å². The SMILES string of the molecule is Cc1ccc(NC(=O)N2Cc3c(sc4c3CCN(C)C4)-n3cccc3C2c2ccc(Cl)cc2)cc1. The van der Waals surface area contributed by atoms with Crippen LogP contribution in [0.3, 0.4) is 0 Å². The standard InChI is InChI=1S/C28H27ClN4OS/c1-18-5-11-21(12-6-18)30-28(34)33-16-23-22-13-15-31(2)17-25(22)35-27(23)32-14-3-4-24(32)26(33)19-7-9-20(29)10-8-19/h3-12,14,26H,13,15-17H2,1-2H3,(H,30,34). The zero-order chi connectivity index (χ0) is 24.1. The van der Waals surface area contributed by atoms with E-state index in [4.69, 9.17) is 11.6 Å². The molecule has 5 nitrogen and oxygen atoms in total. The average Bonchev–Trinajstić information content (AvgIpc) is 3.43. The Kier molecular flexibility index (Phi) is 5.67. The molecule has 4 aromatic rings. The van der Waals surface area contributed by atoms with E-state index in [1.54, 1.807) is 0 Å². The van der Waals surface area contributed by atoms with Gasteiger partial charge in [0.2, 0.25) is 0 Å². The zero-order valence-corrected chi connectivity index (χ0v) is 21.4. The Labute approximate surface area is 214 Å². The molecule has 2 aliphatic rings. The van der Waals surface area contributed by atoms with Crippen LogP contribution >= 0.6 is 22.9 Å². The molecule has 0 saturated carbocycles. The fourth-order valence-corrected chi connectivity index (χ4v) is 6.75. The third kappa shape index (κ3) is 4.05. The number of hydrogen-bond acceptors (Lipinski definition) is 3. The highest BCUT2D eigenvalue weighted by Gasteiger charge is 2.36. The molecule has 1 atom stereocenters. The second-order valence-electron chi connectivity index (χ2n) is 9.46. The summed E-state index contributed by atoms with van der Waals surface area (Å²) in [6.45, 7) is 4.59. The summed E-state index contributed by atoms with van der Waals surface area (Å²) >= 11 is 8.09. The molecule has 1 N–H and O–H groups in total. The molecule has 0 bridgehead atoms. The van der Waals surface area contributed by atoms with Gasteiger partial charge in [-0.2, -0.15) is 0 Å². The van der Waals surface area contributed by atoms with Gasteiger partial charge in [0.25, 0.3) is 0 Å². The molecule has 2 aromatic carbocycles. The van der Waals surface area contributed by atoms with Crippen molar-refractivity contribution in [3.05, 3.63) is 105 Å². The van der Waals surface area contributed by atoms with E-state index in [0.29, 0.717) is 11.6 Å². The molecule has 2 aromatic heterocycles. The third-order valence-electron chi connectivity index (χ3n) is 7.00. The molecule has 178 valence electrons. The van der Waals surface area contributed by atoms with Crippen LogP contribution in [-0.4, -0.2) is 34.0 Å². The number of halogens is 1. The van der Waals surface area contributed by atoms with Gasteiger partial charge < -0.3 is 19.7 Å². The number of nitrogens with zero attached hydrogens (tertiary/aromatic N) is 3. The van der Waals surface area contributed by atoms with Gasteiger partial charge in [-0.1, -0.05) is 41.4 Å². The molecule has 4 heterocycles. The fourth-order valence-electron chi connectivity index (χ4n) is 5.18. The minimum Gasteiger partial charge on any atom is -0.310 e. The topological polar surface area (TPSA) is 40.5 Å². The second-order valence-corrected chi connectivity index (χ2v) is 11.0. The Bertz CT molecular complexity index is 1390. The van der Waals surface area contributed by atoms with E-state index in [1.807, 2.05) is 71.7 Å². The van der Waals surface area contributed by atoms with Crippen LogP contribution in [0.25, 0.3) is 5.00 Å². The lowest BCUT2D eigenvalue weighted by atomic mass is 10.0. The maximum atomic E-state index is 13.9. The lowest BCUT2D eigenvalue weighted by molar-refractivity contribution is 0.194. The normalized spacial score (nSPS) is 17.3. The van der Waals surface area contributed by atoms with Crippen molar-refractivity contribution in [1.82, 2.24) is 14.4 Å². The van der Waals surface area contributed by atoms with E-state index in [9.17, 15) is 4.79 Å². The molecule has 7 heteroatoms. The number of nitrogens with one attached hydrogen (secondary N) is 1. The molecule has 1 unspecified atom stereocenters. The second kappa shape index (κ2) is 8.86. The molecule has 0 fully saturated rings. The van der Waals surface area contributed by atoms with E-state index >= 15 is 0 Å².